The SMILES string of the molecule is Cc1ccc(NC(=O)c2nn[nH]n2)nc1. The highest BCUT2D eigenvalue weighted by Gasteiger charge is 2.10. The largest absolute Gasteiger partial charge is 0.304 e. The molecule has 0 aliphatic heterocycles. The van der Waals surface area contributed by atoms with Crippen molar-refractivity contribution >= 4 is 11.7 Å². The lowest BCUT2D eigenvalue weighted by molar-refractivity contribution is 0.101. The molecule has 2 aromatic heterocycles. The third-order valence-electron chi connectivity index (χ3n) is 1.70. The molecule has 0 aliphatic rings. The summed E-state index contributed by atoms with van der Waals surface area (Å²) in [5, 5.41) is 15.1. The number of aromatic amines is 1. The molecule has 0 atom stereocenters. The Labute approximate surface area is 84.9 Å². The number of pyridine rings is 1. The van der Waals surface area contributed by atoms with E-state index >= 15 is 0 Å². The number of hydrogen-bond donors (Lipinski definition) is 2. The van der Waals surface area contributed by atoms with Crippen molar-refractivity contribution in [2.24, 2.45) is 0 Å². The maximum Gasteiger partial charge on any atom is 0.298 e. The van der Waals surface area contributed by atoms with Crippen LogP contribution < -0.4 is 5.32 Å². The van der Waals surface area contributed by atoms with Crippen molar-refractivity contribution in [3.05, 3.63) is 29.7 Å². The molecular weight excluding hydrogens is 196 g/mol. The van der Waals surface area contributed by atoms with E-state index in [9.17, 15) is 4.79 Å². The fourth-order valence-corrected chi connectivity index (χ4v) is 0.972. The van der Waals surface area contributed by atoms with Gasteiger partial charge in [0.25, 0.3) is 11.7 Å². The van der Waals surface area contributed by atoms with Crippen molar-refractivity contribution in [3.8, 4) is 0 Å². The number of tetrazole rings is 1. The van der Waals surface area contributed by atoms with Crippen LogP contribution in [0.4, 0.5) is 5.82 Å². The lowest BCUT2D eigenvalue weighted by atomic mass is 10.3. The van der Waals surface area contributed by atoms with E-state index in [1.54, 1.807) is 12.3 Å². The summed E-state index contributed by atoms with van der Waals surface area (Å²) in [6.45, 7) is 1.91. The molecule has 0 spiro atoms. The highest BCUT2D eigenvalue weighted by Crippen LogP contribution is 2.04. The number of carbonyl (C=O) groups is 1. The van der Waals surface area contributed by atoms with Gasteiger partial charge in [-0.3, -0.25) is 4.79 Å². The lowest BCUT2D eigenvalue weighted by Crippen LogP contribution is -2.14. The number of H-pyrrole nitrogens is 1. The van der Waals surface area contributed by atoms with Crippen LogP contribution in [0.3, 0.4) is 0 Å². The molecule has 0 fully saturated rings. The van der Waals surface area contributed by atoms with Crippen molar-refractivity contribution in [2.45, 2.75) is 6.92 Å². The van der Waals surface area contributed by atoms with Gasteiger partial charge in [-0.1, -0.05) is 6.07 Å². The molecule has 0 aromatic carbocycles. The number of aromatic nitrogens is 5. The van der Waals surface area contributed by atoms with E-state index < -0.39 is 5.91 Å². The predicted octanol–water partition coefficient (Wildman–Crippen LogP) is 0.155. The van der Waals surface area contributed by atoms with Gasteiger partial charge in [0, 0.05) is 6.20 Å². The molecule has 2 rings (SSSR count). The molecule has 2 heterocycles. The Morgan fingerprint density at radius 3 is 2.93 bits per heavy atom. The molecule has 2 N–H and O–H groups in total. The van der Waals surface area contributed by atoms with Gasteiger partial charge in [0.1, 0.15) is 5.82 Å². The summed E-state index contributed by atoms with van der Waals surface area (Å²) >= 11 is 0. The van der Waals surface area contributed by atoms with Crippen LogP contribution >= 0.6 is 0 Å². The van der Waals surface area contributed by atoms with E-state index in [0.29, 0.717) is 5.82 Å². The Kier molecular flexibility index (Phi) is 2.36. The summed E-state index contributed by atoms with van der Waals surface area (Å²) < 4.78 is 0. The van der Waals surface area contributed by atoms with Crippen LogP contribution in [0, 0.1) is 6.92 Å². The Balaban J connectivity index is 2.09. The minimum absolute atomic E-state index is 0.0163. The molecule has 0 saturated carbocycles. The van der Waals surface area contributed by atoms with Crippen LogP contribution in [-0.4, -0.2) is 31.5 Å². The number of amides is 1. The Morgan fingerprint density at radius 1 is 1.47 bits per heavy atom. The highest BCUT2D eigenvalue weighted by atomic mass is 16.2. The fourth-order valence-electron chi connectivity index (χ4n) is 0.972. The zero-order chi connectivity index (χ0) is 10.7. The van der Waals surface area contributed by atoms with Crippen LogP contribution in [0.1, 0.15) is 16.2 Å². The van der Waals surface area contributed by atoms with Crippen molar-refractivity contribution < 1.29 is 4.79 Å². The topological polar surface area (TPSA) is 96.5 Å². The van der Waals surface area contributed by atoms with Crippen LogP contribution in [0.2, 0.25) is 0 Å². The van der Waals surface area contributed by atoms with Crippen molar-refractivity contribution in [1.29, 1.82) is 0 Å². The standard InChI is InChI=1S/C8H8N6O/c1-5-2-3-6(9-4-5)10-8(15)7-11-13-14-12-7/h2-4H,1H3,(H,9,10,15)(H,11,12,13,14). The fraction of sp³-hybridized carbons (Fsp3) is 0.125. The molecule has 15 heavy (non-hydrogen) atoms. The van der Waals surface area contributed by atoms with Gasteiger partial charge in [-0.2, -0.15) is 5.21 Å². The van der Waals surface area contributed by atoms with E-state index in [2.05, 4.69) is 30.9 Å². The lowest BCUT2D eigenvalue weighted by Gasteiger charge is -2.00. The first-order valence-corrected chi connectivity index (χ1v) is 4.23. The van der Waals surface area contributed by atoms with E-state index in [-0.39, 0.29) is 5.82 Å². The molecular formula is C8H8N6O. The van der Waals surface area contributed by atoms with E-state index in [0.717, 1.165) is 5.56 Å². The van der Waals surface area contributed by atoms with Crippen molar-refractivity contribution in [3.63, 3.8) is 0 Å². The molecule has 0 aliphatic carbocycles. The van der Waals surface area contributed by atoms with Crippen LogP contribution in [-0.2, 0) is 0 Å². The van der Waals surface area contributed by atoms with Crippen molar-refractivity contribution in [1.82, 2.24) is 25.6 Å². The zero-order valence-corrected chi connectivity index (χ0v) is 7.93. The second-order valence-corrected chi connectivity index (χ2v) is 2.91. The van der Waals surface area contributed by atoms with E-state index in [4.69, 9.17) is 0 Å². The van der Waals surface area contributed by atoms with Crippen molar-refractivity contribution in [2.75, 3.05) is 5.32 Å². The summed E-state index contributed by atoms with van der Waals surface area (Å²) in [4.78, 5) is 15.4. The quantitative estimate of drug-likeness (QED) is 0.726. The van der Waals surface area contributed by atoms with Gasteiger partial charge in [-0.15, -0.1) is 10.2 Å². The van der Waals surface area contributed by atoms with Crippen LogP contribution in [0.25, 0.3) is 0 Å². The first kappa shape index (κ1) is 9.25. The average molecular weight is 204 g/mol. The number of hydrogen-bond acceptors (Lipinski definition) is 5. The smallest absolute Gasteiger partial charge is 0.298 e. The second-order valence-electron chi connectivity index (χ2n) is 2.91. The highest BCUT2D eigenvalue weighted by molar-refractivity contribution is 6.00. The summed E-state index contributed by atoms with van der Waals surface area (Å²) in [6, 6.07) is 3.55. The van der Waals surface area contributed by atoms with Gasteiger partial charge in [-0.05, 0) is 23.8 Å². The number of rotatable bonds is 2. The molecule has 0 bridgehead atoms. The molecule has 7 heteroatoms. The maximum absolute atomic E-state index is 11.4. The monoisotopic (exact) mass is 204 g/mol. The van der Waals surface area contributed by atoms with Gasteiger partial charge >= 0.3 is 0 Å². The summed E-state index contributed by atoms with van der Waals surface area (Å²) in [5.74, 6) is -0.00659. The minimum Gasteiger partial charge on any atom is -0.304 e. The van der Waals surface area contributed by atoms with Gasteiger partial charge in [0.2, 0.25) is 0 Å². The van der Waals surface area contributed by atoms with Crippen LogP contribution in [0.5, 0.6) is 0 Å². The molecule has 76 valence electrons. The molecule has 1 amide bonds. The second kappa shape index (κ2) is 3.82. The normalized spacial score (nSPS) is 9.93. The Morgan fingerprint density at radius 2 is 2.33 bits per heavy atom. The summed E-state index contributed by atoms with van der Waals surface area (Å²) in [5.41, 5.74) is 1.02. The number of nitrogens with one attached hydrogen (secondary N) is 2. The number of nitrogens with zero attached hydrogens (tertiary/aromatic N) is 4. The third kappa shape index (κ3) is 2.13. The first-order chi connectivity index (χ1) is 7.25. The number of carbonyl (C=O) groups excluding carboxylic acids is 1. The van der Waals surface area contributed by atoms with Gasteiger partial charge in [-0.25, -0.2) is 4.98 Å². The van der Waals surface area contributed by atoms with Gasteiger partial charge in [0.15, 0.2) is 0 Å². The molecule has 7 nitrogen and oxygen atoms in total. The third-order valence-corrected chi connectivity index (χ3v) is 1.70. The first-order valence-electron chi connectivity index (χ1n) is 4.23. The van der Waals surface area contributed by atoms with Gasteiger partial charge < -0.3 is 5.32 Å². The zero-order valence-electron chi connectivity index (χ0n) is 7.93. The minimum atomic E-state index is -0.444. The number of aryl methyl sites for hydroxylation is 1. The average Bonchev–Trinajstić information content (AvgIpc) is 2.74. The van der Waals surface area contributed by atoms with Gasteiger partial charge in [0.05, 0.1) is 0 Å². The maximum atomic E-state index is 11.4. The molecule has 0 unspecified atom stereocenters. The Bertz CT molecular complexity index is 448. The van der Waals surface area contributed by atoms with E-state index in [1.165, 1.54) is 0 Å². The Hall–Kier alpha value is -2.31. The summed E-state index contributed by atoms with van der Waals surface area (Å²) in [7, 11) is 0. The molecule has 2 aromatic rings. The van der Waals surface area contributed by atoms with E-state index in [1.807, 2.05) is 13.0 Å². The number of anilines is 1. The molecule has 0 radical (unpaired) electrons. The molecule has 0 saturated heterocycles. The van der Waals surface area contributed by atoms with Crippen LogP contribution in [0.15, 0.2) is 18.3 Å². The predicted molar refractivity (Wildman–Crippen MR) is 51.1 cm³/mol. The summed E-state index contributed by atoms with van der Waals surface area (Å²) in [6.07, 6.45) is 1.66.